The molecule has 1 amide bonds. The van der Waals surface area contributed by atoms with Gasteiger partial charge in [-0.2, -0.15) is 4.72 Å². The quantitative estimate of drug-likeness (QED) is 0.224. The predicted octanol–water partition coefficient (Wildman–Crippen LogP) is 1.87. The number of carbonyl (C=O) groups is 2. The van der Waals surface area contributed by atoms with Gasteiger partial charge < -0.3 is 21.5 Å². The minimum Gasteiger partial charge on any atom is -0.480 e. The molecule has 196 valence electrons. The molecule has 3 rings (SSSR count). The molecule has 1 saturated heterocycles. The van der Waals surface area contributed by atoms with E-state index in [1.165, 1.54) is 11.0 Å². The van der Waals surface area contributed by atoms with E-state index in [0.29, 0.717) is 19.3 Å². The summed E-state index contributed by atoms with van der Waals surface area (Å²) in [5, 5.41) is 11.4. The largest absolute Gasteiger partial charge is 0.480 e. The molecule has 6 N–H and O–H groups in total. The summed E-state index contributed by atoms with van der Waals surface area (Å²) in [6, 6.07) is 6.57. The second-order valence-corrected chi connectivity index (χ2v) is 11.3. The van der Waals surface area contributed by atoms with Crippen molar-refractivity contribution in [2.75, 3.05) is 13.1 Å². The number of aliphatic carboxylic acids is 1. The third-order valence-corrected chi connectivity index (χ3v) is 8.18. The van der Waals surface area contributed by atoms with Crippen LogP contribution in [0.15, 0.2) is 40.2 Å². The molecule has 2 aromatic carbocycles. The summed E-state index contributed by atoms with van der Waals surface area (Å²) in [4.78, 5) is 30.6. The molecule has 1 heterocycles. The molecule has 1 aliphatic rings. The second kappa shape index (κ2) is 11.3. The van der Waals surface area contributed by atoms with Gasteiger partial charge in [0.25, 0.3) is 0 Å². The Labute approximate surface area is 211 Å². The number of aryl methyl sites for hydroxylation is 2. The number of sulfonamides is 1. The summed E-state index contributed by atoms with van der Waals surface area (Å²) in [6.07, 6.45) is 1.40. The zero-order valence-electron chi connectivity index (χ0n) is 20.9. The van der Waals surface area contributed by atoms with Crippen molar-refractivity contribution in [2.24, 2.45) is 22.4 Å². The molecule has 0 spiro atoms. The Kier molecular flexibility index (Phi) is 8.57. The molecule has 11 heteroatoms. The van der Waals surface area contributed by atoms with Gasteiger partial charge in [0.2, 0.25) is 15.9 Å². The molecule has 36 heavy (non-hydrogen) atoms. The molecular weight excluding hydrogens is 482 g/mol. The maximum absolute atomic E-state index is 13.5. The highest BCUT2D eigenvalue weighted by Crippen LogP contribution is 2.26. The summed E-state index contributed by atoms with van der Waals surface area (Å²) >= 11 is 0. The summed E-state index contributed by atoms with van der Waals surface area (Å²) in [7, 11) is -4.09. The van der Waals surface area contributed by atoms with Crippen molar-refractivity contribution < 1.29 is 23.1 Å². The smallest absolute Gasteiger partial charge is 0.326 e. The van der Waals surface area contributed by atoms with Gasteiger partial charge in [-0.05, 0) is 79.5 Å². The fourth-order valence-corrected chi connectivity index (χ4v) is 5.76. The Hall–Kier alpha value is -3.18. The van der Waals surface area contributed by atoms with E-state index in [2.05, 4.69) is 9.71 Å². The topological polar surface area (TPSA) is 168 Å². The van der Waals surface area contributed by atoms with E-state index >= 15 is 0 Å². The molecular formula is C25H35N5O5S. The number of hydrogen-bond acceptors (Lipinski definition) is 5. The van der Waals surface area contributed by atoms with Crippen molar-refractivity contribution in [2.45, 2.75) is 63.4 Å². The number of amides is 1. The first-order valence-electron chi connectivity index (χ1n) is 12.0. The first-order chi connectivity index (χ1) is 16.9. The molecule has 0 aliphatic carbocycles. The molecule has 0 saturated carbocycles. The Balaban J connectivity index is 1.90. The van der Waals surface area contributed by atoms with Gasteiger partial charge in [0.1, 0.15) is 12.1 Å². The van der Waals surface area contributed by atoms with Crippen LogP contribution in [0.1, 0.15) is 43.7 Å². The Morgan fingerprint density at radius 1 is 1.17 bits per heavy atom. The molecule has 0 bridgehead atoms. The van der Waals surface area contributed by atoms with Crippen LogP contribution in [0.2, 0.25) is 0 Å². The molecule has 1 aliphatic heterocycles. The average molecular weight is 518 g/mol. The zero-order valence-corrected chi connectivity index (χ0v) is 21.7. The van der Waals surface area contributed by atoms with E-state index in [0.717, 1.165) is 21.9 Å². The number of hydrogen-bond donors (Lipinski definition) is 4. The van der Waals surface area contributed by atoms with Crippen LogP contribution in [0.4, 0.5) is 0 Å². The van der Waals surface area contributed by atoms with Crippen molar-refractivity contribution >= 4 is 38.6 Å². The average Bonchev–Trinajstić information content (AvgIpc) is 2.80. The molecule has 1 fully saturated rings. The van der Waals surface area contributed by atoms with Crippen LogP contribution in [0.25, 0.3) is 10.8 Å². The van der Waals surface area contributed by atoms with Gasteiger partial charge in [0.15, 0.2) is 5.96 Å². The van der Waals surface area contributed by atoms with Gasteiger partial charge in [0, 0.05) is 13.1 Å². The monoisotopic (exact) mass is 517 g/mol. The number of nitrogens with one attached hydrogen (secondary N) is 1. The van der Waals surface area contributed by atoms with Gasteiger partial charge in [-0.3, -0.25) is 9.79 Å². The predicted molar refractivity (Wildman–Crippen MR) is 139 cm³/mol. The fraction of sp³-hybridized carbons (Fsp3) is 0.480. The SMILES string of the molecule is Cc1cc2ccc(S(=O)(=O)N[C@@H](CCCN=C(N)N)C(=O)N3CCC(C)CC3C(=O)O)cc2cc1C. The van der Waals surface area contributed by atoms with E-state index in [9.17, 15) is 23.1 Å². The second-order valence-electron chi connectivity index (χ2n) is 9.58. The summed E-state index contributed by atoms with van der Waals surface area (Å²) < 4.78 is 29.3. The van der Waals surface area contributed by atoms with Crippen LogP contribution in [0.5, 0.6) is 0 Å². The van der Waals surface area contributed by atoms with E-state index in [-0.39, 0.29) is 36.3 Å². The fourth-order valence-electron chi connectivity index (χ4n) is 4.50. The number of guanidine groups is 1. The lowest BCUT2D eigenvalue weighted by molar-refractivity contribution is -0.153. The molecule has 3 atom stereocenters. The third-order valence-electron chi connectivity index (χ3n) is 6.71. The number of nitrogens with two attached hydrogens (primary N) is 2. The Bertz CT molecular complexity index is 1270. The molecule has 2 unspecified atom stereocenters. The number of piperidine rings is 1. The lowest BCUT2D eigenvalue weighted by Gasteiger charge is -2.38. The van der Waals surface area contributed by atoms with Crippen LogP contribution < -0.4 is 16.2 Å². The number of nitrogens with zero attached hydrogens (tertiary/aromatic N) is 2. The number of benzene rings is 2. The lowest BCUT2D eigenvalue weighted by Crippen LogP contribution is -2.56. The molecule has 0 aromatic heterocycles. The van der Waals surface area contributed by atoms with E-state index in [1.807, 2.05) is 32.9 Å². The normalized spacial score (nSPS) is 19.1. The highest BCUT2D eigenvalue weighted by Gasteiger charge is 2.38. The van der Waals surface area contributed by atoms with Gasteiger partial charge in [-0.1, -0.05) is 25.1 Å². The van der Waals surface area contributed by atoms with Gasteiger partial charge in [-0.15, -0.1) is 0 Å². The van der Waals surface area contributed by atoms with E-state index in [4.69, 9.17) is 11.5 Å². The van der Waals surface area contributed by atoms with Crippen molar-refractivity contribution in [1.82, 2.24) is 9.62 Å². The standard InChI is InChI=1S/C25H35N5O5S/c1-15-8-10-30(22(11-15)24(32)33)23(31)21(5-4-9-28-25(26)27)29-36(34,35)20-7-6-18-12-16(2)17(3)13-19(18)14-20/h6-7,12-15,21-22,29H,4-5,8-11H2,1-3H3,(H,32,33)(H4,26,27,28)/t15?,21-,22?/m0/s1. The van der Waals surface area contributed by atoms with Gasteiger partial charge >= 0.3 is 5.97 Å². The van der Waals surface area contributed by atoms with Crippen molar-refractivity contribution in [3.63, 3.8) is 0 Å². The minimum absolute atomic E-state index is 0.0299. The molecule has 10 nitrogen and oxygen atoms in total. The highest BCUT2D eigenvalue weighted by atomic mass is 32.2. The number of carboxylic acid groups (broad SMARTS) is 1. The number of fused-ring (bicyclic) bond motifs is 1. The summed E-state index contributed by atoms with van der Waals surface area (Å²) in [5.74, 6) is -1.61. The maximum Gasteiger partial charge on any atom is 0.326 e. The Morgan fingerprint density at radius 3 is 2.47 bits per heavy atom. The number of rotatable bonds is 9. The van der Waals surface area contributed by atoms with Crippen molar-refractivity contribution in [3.8, 4) is 0 Å². The van der Waals surface area contributed by atoms with E-state index < -0.39 is 34.0 Å². The third kappa shape index (κ3) is 6.52. The van der Waals surface area contributed by atoms with Crippen LogP contribution in [-0.2, 0) is 19.6 Å². The number of aliphatic imine (C=N–C) groups is 1. The Morgan fingerprint density at radius 2 is 1.83 bits per heavy atom. The first-order valence-corrected chi connectivity index (χ1v) is 13.5. The van der Waals surface area contributed by atoms with Gasteiger partial charge in [-0.25, -0.2) is 13.2 Å². The van der Waals surface area contributed by atoms with Gasteiger partial charge in [0.05, 0.1) is 4.90 Å². The zero-order chi connectivity index (χ0) is 26.6. The van der Waals surface area contributed by atoms with Crippen LogP contribution in [0, 0.1) is 19.8 Å². The summed E-state index contributed by atoms with van der Waals surface area (Å²) in [6.45, 7) is 6.35. The minimum atomic E-state index is -4.09. The first kappa shape index (κ1) is 27.4. The maximum atomic E-state index is 13.5. The van der Waals surface area contributed by atoms with Crippen molar-refractivity contribution in [3.05, 3.63) is 41.5 Å². The van der Waals surface area contributed by atoms with Crippen LogP contribution in [0.3, 0.4) is 0 Å². The van der Waals surface area contributed by atoms with Crippen molar-refractivity contribution in [1.29, 1.82) is 0 Å². The molecule has 2 aromatic rings. The molecule has 0 radical (unpaired) electrons. The number of likely N-dealkylation sites (tertiary alicyclic amines) is 1. The van der Waals surface area contributed by atoms with E-state index in [1.54, 1.807) is 12.1 Å². The number of carboxylic acids is 1. The van der Waals surface area contributed by atoms with Crippen LogP contribution >= 0.6 is 0 Å². The summed E-state index contributed by atoms with van der Waals surface area (Å²) in [5.41, 5.74) is 12.9. The lowest BCUT2D eigenvalue weighted by atomic mass is 9.91. The highest BCUT2D eigenvalue weighted by molar-refractivity contribution is 7.89. The number of carbonyl (C=O) groups excluding carboxylic acids is 1. The van der Waals surface area contributed by atoms with Crippen LogP contribution in [-0.4, -0.2) is 61.4 Å².